The van der Waals surface area contributed by atoms with Crippen LogP contribution in [0, 0.1) is 0 Å². The van der Waals surface area contributed by atoms with Crippen molar-refractivity contribution in [2.75, 3.05) is 13.1 Å². The summed E-state index contributed by atoms with van der Waals surface area (Å²) in [5.74, 6) is 0.610. The van der Waals surface area contributed by atoms with E-state index >= 15 is 0 Å². The number of benzene rings is 1. The molecule has 1 saturated heterocycles. The number of hydrogen-bond acceptors (Lipinski definition) is 5. The van der Waals surface area contributed by atoms with E-state index in [0.717, 1.165) is 24.1 Å². The summed E-state index contributed by atoms with van der Waals surface area (Å²) in [5.41, 5.74) is 2.38. The Bertz CT molecular complexity index is 878. The van der Waals surface area contributed by atoms with Crippen molar-refractivity contribution >= 4 is 5.91 Å². The normalized spacial score (nSPS) is 15.3. The summed E-state index contributed by atoms with van der Waals surface area (Å²) in [6.45, 7) is 3.32. The first kappa shape index (κ1) is 16.5. The van der Waals surface area contributed by atoms with E-state index in [4.69, 9.17) is 4.42 Å². The number of carbonyl (C=O) groups is 1. The molecule has 0 aliphatic carbocycles. The molecule has 7 nitrogen and oxygen atoms in total. The molecule has 0 spiro atoms. The van der Waals surface area contributed by atoms with Crippen LogP contribution in [0.5, 0.6) is 0 Å². The predicted molar refractivity (Wildman–Crippen MR) is 95.5 cm³/mol. The van der Waals surface area contributed by atoms with Crippen LogP contribution in [0.15, 0.2) is 47.3 Å². The molecule has 1 amide bonds. The highest BCUT2D eigenvalue weighted by molar-refractivity contribution is 5.93. The Morgan fingerprint density at radius 3 is 2.73 bits per heavy atom. The molecule has 0 bridgehead atoms. The molecule has 1 aliphatic rings. The summed E-state index contributed by atoms with van der Waals surface area (Å²) in [5, 5.41) is 8.59. The minimum atomic E-state index is -0.0439. The second-order valence-electron chi connectivity index (χ2n) is 6.45. The third-order valence-electron chi connectivity index (χ3n) is 4.87. The van der Waals surface area contributed by atoms with E-state index in [-0.39, 0.29) is 11.9 Å². The largest absolute Gasteiger partial charge is 0.448 e. The summed E-state index contributed by atoms with van der Waals surface area (Å²) in [7, 11) is 0. The lowest BCUT2D eigenvalue weighted by Gasteiger charge is -2.31. The number of aryl methyl sites for hydroxylation is 1. The summed E-state index contributed by atoms with van der Waals surface area (Å²) in [6.07, 6.45) is 5.70. The standard InChI is InChI=1S/C19H21N5O2/c1-2-17-18(20-13-26-17)19(25)23-10-8-15(9-11-23)24-12-16(21-22-24)14-6-4-3-5-7-14/h3-7,12-13,15H,2,8-11H2,1H3. The smallest absolute Gasteiger partial charge is 0.276 e. The molecule has 3 aromatic rings. The van der Waals surface area contributed by atoms with Gasteiger partial charge in [0.25, 0.3) is 5.91 Å². The van der Waals surface area contributed by atoms with Crippen molar-refractivity contribution in [2.45, 2.75) is 32.2 Å². The van der Waals surface area contributed by atoms with Gasteiger partial charge in [-0.1, -0.05) is 42.5 Å². The van der Waals surface area contributed by atoms with Gasteiger partial charge in [-0.2, -0.15) is 0 Å². The average molecular weight is 351 g/mol. The van der Waals surface area contributed by atoms with Crippen LogP contribution in [0.2, 0.25) is 0 Å². The monoisotopic (exact) mass is 351 g/mol. The molecule has 1 fully saturated rings. The van der Waals surface area contributed by atoms with E-state index in [1.165, 1.54) is 6.39 Å². The number of aromatic nitrogens is 4. The van der Waals surface area contributed by atoms with E-state index in [1.807, 2.05) is 53.0 Å². The van der Waals surface area contributed by atoms with Crippen molar-refractivity contribution in [1.82, 2.24) is 24.9 Å². The van der Waals surface area contributed by atoms with Gasteiger partial charge in [-0.15, -0.1) is 5.10 Å². The maximum absolute atomic E-state index is 12.6. The molecule has 3 heterocycles. The van der Waals surface area contributed by atoms with Crippen molar-refractivity contribution < 1.29 is 9.21 Å². The third-order valence-corrected chi connectivity index (χ3v) is 4.87. The molecule has 0 radical (unpaired) electrons. The van der Waals surface area contributed by atoms with Crippen LogP contribution in [0.3, 0.4) is 0 Å². The van der Waals surface area contributed by atoms with E-state index in [9.17, 15) is 4.79 Å². The van der Waals surface area contributed by atoms with Crippen molar-refractivity contribution in [3.05, 3.63) is 54.4 Å². The highest BCUT2D eigenvalue weighted by Crippen LogP contribution is 2.25. The van der Waals surface area contributed by atoms with Crippen molar-refractivity contribution in [2.24, 2.45) is 0 Å². The molecule has 134 valence electrons. The fourth-order valence-electron chi connectivity index (χ4n) is 3.38. The molecular formula is C19H21N5O2. The Morgan fingerprint density at radius 2 is 2.00 bits per heavy atom. The van der Waals surface area contributed by atoms with Crippen LogP contribution in [-0.4, -0.2) is 43.9 Å². The van der Waals surface area contributed by atoms with Gasteiger partial charge in [0.1, 0.15) is 11.5 Å². The van der Waals surface area contributed by atoms with Gasteiger partial charge in [0, 0.05) is 25.1 Å². The fourth-order valence-corrected chi connectivity index (χ4v) is 3.38. The fraction of sp³-hybridized carbons (Fsp3) is 0.368. The first-order chi connectivity index (χ1) is 12.8. The number of carbonyl (C=O) groups excluding carboxylic acids is 1. The molecule has 0 N–H and O–H groups in total. The molecule has 0 unspecified atom stereocenters. The van der Waals surface area contributed by atoms with Gasteiger partial charge in [0.2, 0.25) is 0 Å². The van der Waals surface area contributed by atoms with Gasteiger partial charge < -0.3 is 9.32 Å². The molecule has 4 rings (SSSR count). The van der Waals surface area contributed by atoms with Crippen LogP contribution >= 0.6 is 0 Å². The van der Waals surface area contributed by atoms with Crippen molar-refractivity contribution in [3.63, 3.8) is 0 Å². The highest BCUT2D eigenvalue weighted by Gasteiger charge is 2.28. The first-order valence-corrected chi connectivity index (χ1v) is 8.95. The molecule has 1 aliphatic heterocycles. The topological polar surface area (TPSA) is 77.0 Å². The first-order valence-electron chi connectivity index (χ1n) is 8.95. The van der Waals surface area contributed by atoms with Gasteiger partial charge in [0.05, 0.1) is 12.2 Å². The average Bonchev–Trinajstić information content (AvgIpc) is 3.38. The van der Waals surface area contributed by atoms with Crippen molar-refractivity contribution in [3.8, 4) is 11.3 Å². The predicted octanol–water partition coefficient (Wildman–Crippen LogP) is 2.97. The SMILES string of the molecule is CCc1ocnc1C(=O)N1CCC(n2cc(-c3ccccc3)nn2)CC1. The molecular weight excluding hydrogens is 330 g/mol. The Hall–Kier alpha value is -2.96. The van der Waals surface area contributed by atoms with E-state index in [2.05, 4.69) is 15.3 Å². The molecule has 26 heavy (non-hydrogen) atoms. The number of oxazole rings is 1. The van der Waals surface area contributed by atoms with Gasteiger partial charge in [0.15, 0.2) is 12.1 Å². The summed E-state index contributed by atoms with van der Waals surface area (Å²) >= 11 is 0. The van der Waals surface area contributed by atoms with Crippen LogP contribution in [-0.2, 0) is 6.42 Å². The van der Waals surface area contributed by atoms with Crippen LogP contribution in [0.25, 0.3) is 11.3 Å². The maximum atomic E-state index is 12.6. The summed E-state index contributed by atoms with van der Waals surface area (Å²) in [6, 6.07) is 10.3. The molecule has 0 atom stereocenters. The minimum absolute atomic E-state index is 0.0439. The van der Waals surface area contributed by atoms with Gasteiger partial charge >= 0.3 is 0 Å². The Morgan fingerprint density at radius 1 is 1.23 bits per heavy atom. The third kappa shape index (κ3) is 3.12. The lowest BCUT2D eigenvalue weighted by atomic mass is 10.0. The zero-order chi connectivity index (χ0) is 17.9. The summed E-state index contributed by atoms with van der Waals surface area (Å²) in [4.78, 5) is 18.6. The number of amides is 1. The van der Waals surface area contributed by atoms with Gasteiger partial charge in [-0.25, -0.2) is 9.67 Å². The lowest BCUT2D eigenvalue weighted by molar-refractivity contribution is 0.0681. The zero-order valence-corrected chi connectivity index (χ0v) is 14.7. The Kier molecular flexibility index (Phi) is 4.51. The van der Waals surface area contributed by atoms with Crippen LogP contribution < -0.4 is 0 Å². The molecule has 7 heteroatoms. The molecule has 1 aromatic carbocycles. The van der Waals surface area contributed by atoms with Crippen LogP contribution in [0.1, 0.15) is 42.1 Å². The quantitative estimate of drug-likeness (QED) is 0.722. The lowest BCUT2D eigenvalue weighted by Crippen LogP contribution is -2.39. The van der Waals surface area contributed by atoms with Crippen LogP contribution in [0.4, 0.5) is 0 Å². The Balaban J connectivity index is 1.41. The summed E-state index contributed by atoms with van der Waals surface area (Å²) < 4.78 is 7.21. The minimum Gasteiger partial charge on any atom is -0.448 e. The molecule has 0 saturated carbocycles. The second kappa shape index (κ2) is 7.11. The van der Waals surface area contributed by atoms with E-state index in [0.29, 0.717) is 31.0 Å². The number of hydrogen-bond donors (Lipinski definition) is 0. The number of likely N-dealkylation sites (tertiary alicyclic amines) is 1. The molecule has 2 aromatic heterocycles. The number of nitrogens with zero attached hydrogens (tertiary/aromatic N) is 5. The zero-order valence-electron chi connectivity index (χ0n) is 14.7. The van der Waals surface area contributed by atoms with E-state index in [1.54, 1.807) is 0 Å². The Labute approximate surface area is 151 Å². The second-order valence-corrected chi connectivity index (χ2v) is 6.45. The van der Waals surface area contributed by atoms with Gasteiger partial charge in [-0.3, -0.25) is 4.79 Å². The van der Waals surface area contributed by atoms with Gasteiger partial charge in [-0.05, 0) is 12.8 Å². The highest BCUT2D eigenvalue weighted by atomic mass is 16.3. The van der Waals surface area contributed by atoms with E-state index < -0.39 is 0 Å². The van der Waals surface area contributed by atoms with Crippen molar-refractivity contribution in [1.29, 1.82) is 0 Å². The number of rotatable bonds is 4. The maximum Gasteiger partial charge on any atom is 0.276 e. The number of piperidine rings is 1.